The molecule has 2 aromatic carbocycles. The predicted octanol–water partition coefficient (Wildman–Crippen LogP) is 3.17. The highest BCUT2D eigenvalue weighted by Crippen LogP contribution is 2.11. The second-order valence-electron chi connectivity index (χ2n) is 5.80. The summed E-state index contributed by atoms with van der Waals surface area (Å²) in [6.07, 6.45) is 2.90. The molecule has 6 nitrogen and oxygen atoms in total. The van der Waals surface area contributed by atoms with Crippen molar-refractivity contribution in [1.82, 2.24) is 15.3 Å². The number of halogens is 1. The van der Waals surface area contributed by atoms with Crippen molar-refractivity contribution >= 4 is 11.7 Å². The lowest BCUT2D eigenvalue weighted by atomic mass is 10.2. The Labute approximate surface area is 156 Å². The Morgan fingerprint density at radius 1 is 0.963 bits per heavy atom. The number of benzene rings is 2. The van der Waals surface area contributed by atoms with Crippen molar-refractivity contribution in [3.05, 3.63) is 83.6 Å². The van der Waals surface area contributed by atoms with E-state index in [1.165, 1.54) is 24.5 Å². The number of ether oxygens (including phenoxy) is 1. The summed E-state index contributed by atoms with van der Waals surface area (Å²) < 4.78 is 18.0. The molecule has 0 unspecified atom stereocenters. The maximum absolute atomic E-state index is 12.9. The summed E-state index contributed by atoms with van der Waals surface area (Å²) >= 11 is 0. The van der Waals surface area contributed by atoms with Crippen LogP contribution in [-0.2, 0) is 13.1 Å². The molecule has 1 heterocycles. The van der Waals surface area contributed by atoms with Crippen LogP contribution in [0.2, 0.25) is 0 Å². The molecule has 0 saturated heterocycles. The van der Waals surface area contributed by atoms with Gasteiger partial charge in [-0.1, -0.05) is 24.3 Å². The average molecular weight is 366 g/mol. The highest BCUT2D eigenvalue weighted by molar-refractivity contribution is 5.91. The van der Waals surface area contributed by atoms with Gasteiger partial charge in [0.05, 0.1) is 19.5 Å². The number of methoxy groups -OCH3 is 1. The number of nitrogens with one attached hydrogen (secondary N) is 2. The van der Waals surface area contributed by atoms with Gasteiger partial charge < -0.3 is 15.4 Å². The first-order valence-electron chi connectivity index (χ1n) is 8.35. The first-order chi connectivity index (χ1) is 13.1. The van der Waals surface area contributed by atoms with Crippen LogP contribution in [0.15, 0.2) is 60.9 Å². The van der Waals surface area contributed by atoms with Crippen LogP contribution < -0.4 is 15.4 Å². The van der Waals surface area contributed by atoms with E-state index in [1.807, 2.05) is 24.3 Å². The smallest absolute Gasteiger partial charge is 0.271 e. The van der Waals surface area contributed by atoms with Crippen LogP contribution in [0.5, 0.6) is 5.75 Å². The van der Waals surface area contributed by atoms with Gasteiger partial charge in [-0.25, -0.2) is 14.4 Å². The van der Waals surface area contributed by atoms with Gasteiger partial charge in [-0.3, -0.25) is 4.79 Å². The van der Waals surface area contributed by atoms with Gasteiger partial charge in [0.1, 0.15) is 23.1 Å². The number of hydrogen-bond acceptors (Lipinski definition) is 5. The van der Waals surface area contributed by atoms with Crippen molar-refractivity contribution in [2.45, 2.75) is 13.1 Å². The zero-order valence-corrected chi connectivity index (χ0v) is 14.8. The van der Waals surface area contributed by atoms with Crippen LogP contribution in [0, 0.1) is 5.82 Å². The molecule has 0 aliphatic rings. The van der Waals surface area contributed by atoms with Gasteiger partial charge in [0.25, 0.3) is 5.91 Å². The second-order valence-corrected chi connectivity index (χ2v) is 5.80. The van der Waals surface area contributed by atoms with E-state index in [1.54, 1.807) is 19.2 Å². The maximum atomic E-state index is 12.9. The van der Waals surface area contributed by atoms with Crippen LogP contribution in [0.4, 0.5) is 10.2 Å². The van der Waals surface area contributed by atoms with Gasteiger partial charge in [-0.2, -0.15) is 0 Å². The van der Waals surface area contributed by atoms with Crippen LogP contribution in [0.1, 0.15) is 21.6 Å². The molecule has 0 bridgehead atoms. The monoisotopic (exact) mass is 366 g/mol. The van der Waals surface area contributed by atoms with Crippen molar-refractivity contribution in [2.24, 2.45) is 0 Å². The zero-order chi connectivity index (χ0) is 19.1. The molecule has 27 heavy (non-hydrogen) atoms. The molecule has 0 aliphatic heterocycles. The summed E-state index contributed by atoms with van der Waals surface area (Å²) in [4.78, 5) is 20.5. The van der Waals surface area contributed by atoms with Crippen LogP contribution in [-0.4, -0.2) is 23.0 Å². The van der Waals surface area contributed by atoms with Crippen molar-refractivity contribution in [1.29, 1.82) is 0 Å². The zero-order valence-electron chi connectivity index (χ0n) is 14.8. The summed E-state index contributed by atoms with van der Waals surface area (Å²) in [5.74, 6) is 0.720. The molecule has 0 aliphatic carbocycles. The molecule has 1 amide bonds. The number of hydrogen-bond donors (Lipinski definition) is 2. The van der Waals surface area contributed by atoms with Crippen LogP contribution >= 0.6 is 0 Å². The number of amides is 1. The van der Waals surface area contributed by atoms with Crippen molar-refractivity contribution < 1.29 is 13.9 Å². The molecule has 3 aromatic rings. The van der Waals surface area contributed by atoms with Gasteiger partial charge >= 0.3 is 0 Å². The minimum Gasteiger partial charge on any atom is -0.497 e. The highest BCUT2D eigenvalue weighted by atomic mass is 19.1. The summed E-state index contributed by atoms with van der Waals surface area (Å²) in [5.41, 5.74) is 2.10. The summed E-state index contributed by atoms with van der Waals surface area (Å²) in [6.45, 7) is 0.868. The molecule has 0 spiro atoms. The Morgan fingerprint density at radius 3 is 2.26 bits per heavy atom. The predicted molar refractivity (Wildman–Crippen MR) is 99.9 cm³/mol. The Balaban J connectivity index is 1.51. The third-order valence-corrected chi connectivity index (χ3v) is 3.88. The Kier molecular flexibility index (Phi) is 5.94. The number of nitrogens with zero attached hydrogens (tertiary/aromatic N) is 2. The number of anilines is 1. The summed E-state index contributed by atoms with van der Waals surface area (Å²) in [6, 6.07) is 13.6. The Morgan fingerprint density at radius 2 is 1.63 bits per heavy atom. The third-order valence-electron chi connectivity index (χ3n) is 3.88. The highest BCUT2D eigenvalue weighted by Gasteiger charge is 2.08. The summed E-state index contributed by atoms with van der Waals surface area (Å²) in [5, 5.41) is 5.87. The van der Waals surface area contributed by atoms with Crippen molar-refractivity contribution in [3.8, 4) is 5.75 Å². The molecule has 1 aromatic heterocycles. The van der Waals surface area contributed by atoms with E-state index in [9.17, 15) is 9.18 Å². The van der Waals surface area contributed by atoms with E-state index in [0.717, 1.165) is 16.9 Å². The number of aromatic nitrogens is 2. The van der Waals surface area contributed by atoms with E-state index in [4.69, 9.17) is 4.74 Å². The quantitative estimate of drug-likeness (QED) is 0.672. The minimum atomic E-state index is -0.302. The lowest BCUT2D eigenvalue weighted by Crippen LogP contribution is -2.24. The van der Waals surface area contributed by atoms with Gasteiger partial charge in [0.2, 0.25) is 0 Å². The molecular weight excluding hydrogens is 347 g/mol. The lowest BCUT2D eigenvalue weighted by Gasteiger charge is -2.08. The van der Waals surface area contributed by atoms with Gasteiger partial charge in [0.15, 0.2) is 0 Å². The van der Waals surface area contributed by atoms with Gasteiger partial charge in [0, 0.05) is 13.1 Å². The average Bonchev–Trinajstić information content (AvgIpc) is 2.72. The number of rotatable bonds is 7. The second kappa shape index (κ2) is 8.75. The minimum absolute atomic E-state index is 0.232. The van der Waals surface area contributed by atoms with Crippen molar-refractivity contribution in [3.63, 3.8) is 0 Å². The topological polar surface area (TPSA) is 76.1 Å². The van der Waals surface area contributed by atoms with Gasteiger partial charge in [-0.05, 0) is 35.4 Å². The van der Waals surface area contributed by atoms with Crippen LogP contribution in [0.3, 0.4) is 0 Å². The third kappa shape index (κ3) is 5.24. The Bertz CT molecular complexity index is 881. The number of carbonyl (C=O) groups excluding carboxylic acids is 1. The largest absolute Gasteiger partial charge is 0.497 e. The van der Waals surface area contributed by atoms with Crippen LogP contribution in [0.25, 0.3) is 0 Å². The molecular formula is C20H19FN4O2. The fraction of sp³-hybridized carbons (Fsp3) is 0.150. The van der Waals surface area contributed by atoms with E-state index in [2.05, 4.69) is 20.6 Å². The molecule has 7 heteroatoms. The van der Waals surface area contributed by atoms with E-state index in [-0.39, 0.29) is 17.4 Å². The molecule has 0 radical (unpaired) electrons. The van der Waals surface area contributed by atoms with E-state index >= 15 is 0 Å². The van der Waals surface area contributed by atoms with Crippen molar-refractivity contribution in [2.75, 3.05) is 12.4 Å². The summed E-state index contributed by atoms with van der Waals surface area (Å²) in [7, 11) is 1.60. The fourth-order valence-electron chi connectivity index (χ4n) is 2.35. The molecule has 0 saturated carbocycles. The SMILES string of the molecule is COc1ccc(CNC(=O)c2cnc(NCc3ccc(F)cc3)cn2)cc1. The molecule has 0 fully saturated rings. The van der Waals surface area contributed by atoms with E-state index in [0.29, 0.717) is 18.9 Å². The van der Waals surface area contributed by atoms with E-state index < -0.39 is 0 Å². The maximum Gasteiger partial charge on any atom is 0.271 e. The lowest BCUT2D eigenvalue weighted by molar-refractivity contribution is 0.0945. The molecule has 0 atom stereocenters. The first-order valence-corrected chi connectivity index (χ1v) is 8.35. The molecule has 138 valence electrons. The molecule has 3 rings (SSSR count). The standard InChI is InChI=1S/C20H19FN4O2/c1-27-17-8-4-15(5-9-17)11-25-20(26)18-12-24-19(13-22-18)23-10-14-2-6-16(21)7-3-14/h2-9,12-13H,10-11H2,1H3,(H,23,24)(H,25,26). The number of carbonyl (C=O) groups is 1. The normalized spacial score (nSPS) is 10.3. The first kappa shape index (κ1) is 18.3. The fourth-order valence-corrected chi connectivity index (χ4v) is 2.35. The Hall–Kier alpha value is -3.48. The molecule has 2 N–H and O–H groups in total. The van der Waals surface area contributed by atoms with Gasteiger partial charge in [-0.15, -0.1) is 0 Å².